The van der Waals surface area contributed by atoms with Gasteiger partial charge in [-0.05, 0) is 50.6 Å². The molecule has 0 spiro atoms. The summed E-state index contributed by atoms with van der Waals surface area (Å²) in [6.45, 7) is 3.68. The molecule has 0 saturated carbocycles. The molecule has 1 aliphatic heterocycles. The molecule has 22 heavy (non-hydrogen) atoms. The number of nitrogens with zero attached hydrogens (tertiary/aromatic N) is 4. The van der Waals surface area contributed by atoms with Gasteiger partial charge in [-0.25, -0.2) is 9.67 Å². The van der Waals surface area contributed by atoms with Gasteiger partial charge in [-0.15, -0.1) is 0 Å². The van der Waals surface area contributed by atoms with Gasteiger partial charge in [0.1, 0.15) is 12.7 Å². The van der Waals surface area contributed by atoms with E-state index in [0.717, 1.165) is 42.7 Å². The maximum Gasteiger partial charge on any atom is 0.254 e. The number of amides is 1. The first kappa shape index (κ1) is 14.7. The SMILES string of the molecule is CNC[C@@H]1CCCN1C(=O)c1ccc(-n2cncn2)c(C)c1. The van der Waals surface area contributed by atoms with Crippen molar-refractivity contribution in [3.8, 4) is 5.69 Å². The van der Waals surface area contributed by atoms with E-state index in [1.54, 1.807) is 11.0 Å². The molecule has 3 rings (SSSR count). The smallest absolute Gasteiger partial charge is 0.254 e. The first-order valence-corrected chi connectivity index (χ1v) is 7.62. The zero-order valence-electron chi connectivity index (χ0n) is 13.0. The van der Waals surface area contributed by atoms with Crippen LogP contribution in [0.2, 0.25) is 0 Å². The Morgan fingerprint density at radius 3 is 3.00 bits per heavy atom. The van der Waals surface area contributed by atoms with Crippen LogP contribution in [0.1, 0.15) is 28.8 Å². The molecule has 2 heterocycles. The summed E-state index contributed by atoms with van der Waals surface area (Å²) < 4.78 is 1.71. The van der Waals surface area contributed by atoms with E-state index in [2.05, 4.69) is 15.4 Å². The van der Waals surface area contributed by atoms with Crippen molar-refractivity contribution < 1.29 is 4.79 Å². The van der Waals surface area contributed by atoms with Gasteiger partial charge in [-0.2, -0.15) is 5.10 Å². The molecule has 1 atom stereocenters. The van der Waals surface area contributed by atoms with Crippen LogP contribution < -0.4 is 5.32 Å². The van der Waals surface area contributed by atoms with E-state index >= 15 is 0 Å². The number of carbonyl (C=O) groups is 1. The molecule has 1 aromatic carbocycles. The van der Waals surface area contributed by atoms with Crippen LogP contribution >= 0.6 is 0 Å². The molecule has 0 bridgehead atoms. The van der Waals surface area contributed by atoms with Gasteiger partial charge in [0.15, 0.2) is 0 Å². The fraction of sp³-hybridized carbons (Fsp3) is 0.438. The number of carbonyl (C=O) groups excluding carboxylic acids is 1. The van der Waals surface area contributed by atoms with Gasteiger partial charge in [0.25, 0.3) is 5.91 Å². The van der Waals surface area contributed by atoms with Crippen molar-refractivity contribution in [3.63, 3.8) is 0 Å². The number of aromatic nitrogens is 3. The average molecular weight is 299 g/mol. The number of hydrogen-bond acceptors (Lipinski definition) is 4. The monoisotopic (exact) mass is 299 g/mol. The lowest BCUT2D eigenvalue weighted by molar-refractivity contribution is 0.0737. The summed E-state index contributed by atoms with van der Waals surface area (Å²) in [5, 5.41) is 7.31. The highest BCUT2D eigenvalue weighted by molar-refractivity contribution is 5.95. The predicted octanol–water partition coefficient (Wildman–Crippen LogP) is 1.40. The summed E-state index contributed by atoms with van der Waals surface area (Å²) in [6, 6.07) is 6.04. The molecule has 1 fully saturated rings. The van der Waals surface area contributed by atoms with Gasteiger partial charge in [0.05, 0.1) is 5.69 Å². The summed E-state index contributed by atoms with van der Waals surface area (Å²) >= 11 is 0. The van der Waals surface area contributed by atoms with Gasteiger partial charge >= 0.3 is 0 Å². The van der Waals surface area contributed by atoms with E-state index in [9.17, 15) is 4.79 Å². The van der Waals surface area contributed by atoms with E-state index < -0.39 is 0 Å². The maximum absolute atomic E-state index is 12.7. The zero-order valence-corrected chi connectivity index (χ0v) is 13.0. The van der Waals surface area contributed by atoms with E-state index in [-0.39, 0.29) is 5.91 Å². The second-order valence-corrected chi connectivity index (χ2v) is 5.69. The van der Waals surface area contributed by atoms with Crippen molar-refractivity contribution in [3.05, 3.63) is 42.0 Å². The quantitative estimate of drug-likeness (QED) is 0.927. The second kappa shape index (κ2) is 6.27. The molecule has 0 radical (unpaired) electrons. The predicted molar refractivity (Wildman–Crippen MR) is 84.1 cm³/mol. The molecule has 0 unspecified atom stereocenters. The minimum atomic E-state index is 0.117. The first-order chi connectivity index (χ1) is 10.7. The van der Waals surface area contributed by atoms with Crippen LogP contribution in [0.4, 0.5) is 0 Å². The maximum atomic E-state index is 12.7. The van der Waals surface area contributed by atoms with Crippen molar-refractivity contribution in [2.75, 3.05) is 20.1 Å². The van der Waals surface area contributed by atoms with Gasteiger partial charge in [-0.1, -0.05) is 0 Å². The van der Waals surface area contributed by atoms with Gasteiger partial charge in [0, 0.05) is 24.7 Å². The number of nitrogens with one attached hydrogen (secondary N) is 1. The molecule has 1 saturated heterocycles. The molecule has 116 valence electrons. The topological polar surface area (TPSA) is 63.1 Å². The minimum Gasteiger partial charge on any atom is -0.334 e. The summed E-state index contributed by atoms with van der Waals surface area (Å²) in [5.41, 5.74) is 2.70. The van der Waals surface area contributed by atoms with Crippen LogP contribution in [0, 0.1) is 6.92 Å². The molecular formula is C16H21N5O. The molecule has 1 amide bonds. The number of hydrogen-bond donors (Lipinski definition) is 1. The van der Waals surface area contributed by atoms with Crippen LogP contribution in [0.25, 0.3) is 5.69 Å². The highest BCUT2D eigenvalue weighted by Gasteiger charge is 2.28. The van der Waals surface area contributed by atoms with Gasteiger partial charge in [0.2, 0.25) is 0 Å². The lowest BCUT2D eigenvalue weighted by Gasteiger charge is -2.25. The molecular weight excluding hydrogens is 278 g/mol. The molecule has 2 aromatic rings. The van der Waals surface area contributed by atoms with Crippen molar-refractivity contribution in [2.45, 2.75) is 25.8 Å². The lowest BCUT2D eigenvalue weighted by atomic mass is 10.1. The third-order valence-electron chi connectivity index (χ3n) is 4.19. The highest BCUT2D eigenvalue weighted by Crippen LogP contribution is 2.22. The Kier molecular flexibility index (Phi) is 4.20. The summed E-state index contributed by atoms with van der Waals surface area (Å²) in [4.78, 5) is 18.7. The molecule has 1 N–H and O–H groups in total. The third-order valence-corrected chi connectivity index (χ3v) is 4.19. The third kappa shape index (κ3) is 2.74. The first-order valence-electron chi connectivity index (χ1n) is 7.62. The van der Waals surface area contributed by atoms with E-state index in [4.69, 9.17) is 0 Å². The Hall–Kier alpha value is -2.21. The molecule has 1 aliphatic rings. The molecule has 1 aromatic heterocycles. The Morgan fingerprint density at radius 1 is 1.45 bits per heavy atom. The number of likely N-dealkylation sites (N-methyl/N-ethyl adjacent to an activating group) is 1. The van der Waals surface area contributed by atoms with E-state index in [0.29, 0.717) is 6.04 Å². The lowest BCUT2D eigenvalue weighted by Crippen LogP contribution is -2.40. The standard InChI is InChI=1S/C16H21N5O/c1-12-8-13(5-6-15(12)21-11-18-10-19-21)16(22)20-7-3-4-14(20)9-17-2/h5-6,8,10-11,14,17H,3-4,7,9H2,1-2H3/t14-/m0/s1. The molecule has 6 heteroatoms. The number of likely N-dealkylation sites (tertiary alicyclic amines) is 1. The summed E-state index contributed by atoms with van der Waals surface area (Å²) in [7, 11) is 1.93. The van der Waals surface area contributed by atoms with Crippen molar-refractivity contribution in [2.24, 2.45) is 0 Å². The van der Waals surface area contributed by atoms with Crippen LogP contribution in [0.3, 0.4) is 0 Å². The zero-order chi connectivity index (χ0) is 15.5. The van der Waals surface area contributed by atoms with Gasteiger partial charge < -0.3 is 10.2 Å². The number of aryl methyl sites for hydroxylation is 1. The Balaban J connectivity index is 1.83. The van der Waals surface area contributed by atoms with Gasteiger partial charge in [-0.3, -0.25) is 4.79 Å². The number of rotatable bonds is 4. The van der Waals surface area contributed by atoms with Crippen molar-refractivity contribution in [1.82, 2.24) is 25.0 Å². The fourth-order valence-electron chi connectivity index (χ4n) is 3.09. The van der Waals surface area contributed by atoms with Crippen LogP contribution in [0.15, 0.2) is 30.9 Å². The second-order valence-electron chi connectivity index (χ2n) is 5.69. The van der Waals surface area contributed by atoms with Crippen LogP contribution in [-0.2, 0) is 0 Å². The van der Waals surface area contributed by atoms with Crippen LogP contribution in [0.5, 0.6) is 0 Å². The van der Waals surface area contributed by atoms with E-state index in [1.807, 2.05) is 37.1 Å². The number of benzene rings is 1. The normalized spacial score (nSPS) is 17.9. The van der Waals surface area contributed by atoms with E-state index in [1.165, 1.54) is 6.33 Å². The Bertz CT molecular complexity index is 653. The van der Waals surface area contributed by atoms with Crippen LogP contribution in [-0.4, -0.2) is 51.8 Å². The largest absolute Gasteiger partial charge is 0.334 e. The average Bonchev–Trinajstić information content (AvgIpc) is 3.18. The van der Waals surface area contributed by atoms with Crippen molar-refractivity contribution in [1.29, 1.82) is 0 Å². The fourth-order valence-corrected chi connectivity index (χ4v) is 3.09. The minimum absolute atomic E-state index is 0.117. The molecule has 6 nitrogen and oxygen atoms in total. The summed E-state index contributed by atoms with van der Waals surface area (Å²) in [5.74, 6) is 0.117. The highest BCUT2D eigenvalue weighted by atomic mass is 16.2. The van der Waals surface area contributed by atoms with Crippen molar-refractivity contribution >= 4 is 5.91 Å². The Labute approximate surface area is 130 Å². The summed E-state index contributed by atoms with van der Waals surface area (Å²) in [6.07, 6.45) is 5.31. The molecule has 0 aliphatic carbocycles. The Morgan fingerprint density at radius 2 is 2.32 bits per heavy atom.